The van der Waals surface area contributed by atoms with Gasteiger partial charge in [0.05, 0.1) is 6.54 Å². The first-order valence-corrected chi connectivity index (χ1v) is 11.0. The molecule has 0 aliphatic carbocycles. The molecular formula is C21H28N4O2S. The molecule has 1 aromatic carbocycles. The Hall–Kier alpha value is -2.09. The Balaban J connectivity index is 1.38. The summed E-state index contributed by atoms with van der Waals surface area (Å²) >= 11 is 1.70. The van der Waals surface area contributed by atoms with Crippen molar-refractivity contribution in [3.05, 3.63) is 59.8 Å². The number of hydrogen-bond acceptors (Lipinski definition) is 6. The molecule has 2 aromatic rings. The first kappa shape index (κ1) is 20.6. The number of nitrogens with zero attached hydrogens (tertiary/aromatic N) is 3. The number of nitrogens with one attached hydrogen (secondary N) is 1. The van der Waals surface area contributed by atoms with Crippen LogP contribution in [0.25, 0.3) is 6.08 Å². The number of carbonyl (C=O) groups excluding carboxylic acids is 1. The van der Waals surface area contributed by atoms with Crippen molar-refractivity contribution in [2.75, 3.05) is 51.3 Å². The Morgan fingerprint density at radius 1 is 1.21 bits per heavy atom. The van der Waals surface area contributed by atoms with Crippen LogP contribution in [0, 0.1) is 0 Å². The summed E-state index contributed by atoms with van der Waals surface area (Å²) in [6, 6.07) is 10.4. The lowest BCUT2D eigenvalue weighted by Gasteiger charge is -2.33. The van der Waals surface area contributed by atoms with E-state index in [-0.39, 0.29) is 5.91 Å². The minimum atomic E-state index is -0.168. The van der Waals surface area contributed by atoms with E-state index in [0.29, 0.717) is 24.7 Å². The molecule has 1 aliphatic heterocycles. The van der Waals surface area contributed by atoms with Crippen LogP contribution >= 0.6 is 11.8 Å². The maximum absolute atomic E-state index is 12.0. The van der Waals surface area contributed by atoms with Gasteiger partial charge in [0, 0.05) is 45.0 Å². The molecule has 0 saturated carbocycles. The monoisotopic (exact) mass is 400 g/mol. The standard InChI is InChI=1S/C21H28N4O2S/c1-28-15-9-22-21(26)19-17-27-20(23-19)16-25-13-11-24(12-14-25)10-5-8-18-6-3-2-4-7-18/h2-8,17H,9-16H2,1H3,(H,22,26)/b8-5+. The van der Waals surface area contributed by atoms with Crippen molar-refractivity contribution in [3.8, 4) is 0 Å². The summed E-state index contributed by atoms with van der Waals surface area (Å²) in [5.41, 5.74) is 1.60. The van der Waals surface area contributed by atoms with Gasteiger partial charge in [-0.15, -0.1) is 0 Å². The fourth-order valence-electron chi connectivity index (χ4n) is 3.07. The predicted molar refractivity (Wildman–Crippen MR) is 114 cm³/mol. The van der Waals surface area contributed by atoms with E-state index in [1.54, 1.807) is 11.8 Å². The molecule has 7 heteroatoms. The molecule has 1 saturated heterocycles. The zero-order chi connectivity index (χ0) is 19.6. The van der Waals surface area contributed by atoms with Crippen LogP contribution in [0.2, 0.25) is 0 Å². The molecular weight excluding hydrogens is 372 g/mol. The van der Waals surface area contributed by atoms with Crippen LogP contribution in [0.15, 0.2) is 47.1 Å². The van der Waals surface area contributed by atoms with Gasteiger partial charge in [0.2, 0.25) is 5.89 Å². The van der Waals surface area contributed by atoms with Gasteiger partial charge in [0.15, 0.2) is 5.69 Å². The summed E-state index contributed by atoms with van der Waals surface area (Å²) in [5.74, 6) is 1.33. The highest BCUT2D eigenvalue weighted by Crippen LogP contribution is 2.10. The van der Waals surface area contributed by atoms with Crippen LogP contribution in [0.5, 0.6) is 0 Å². The number of amides is 1. The van der Waals surface area contributed by atoms with E-state index in [2.05, 4.69) is 56.5 Å². The summed E-state index contributed by atoms with van der Waals surface area (Å²) in [7, 11) is 0. The summed E-state index contributed by atoms with van der Waals surface area (Å²) in [4.78, 5) is 21.1. The summed E-state index contributed by atoms with van der Waals surface area (Å²) < 4.78 is 5.49. The van der Waals surface area contributed by atoms with Crippen molar-refractivity contribution < 1.29 is 9.21 Å². The Labute approximate surface area is 171 Å². The van der Waals surface area contributed by atoms with Gasteiger partial charge in [-0.25, -0.2) is 4.98 Å². The molecule has 1 aromatic heterocycles. The van der Waals surface area contributed by atoms with Gasteiger partial charge in [-0.3, -0.25) is 14.6 Å². The Kier molecular flexibility index (Phi) is 8.14. The lowest BCUT2D eigenvalue weighted by Crippen LogP contribution is -2.45. The molecule has 28 heavy (non-hydrogen) atoms. The van der Waals surface area contributed by atoms with Crippen molar-refractivity contribution in [3.63, 3.8) is 0 Å². The third kappa shape index (κ3) is 6.51. The molecule has 1 N–H and O–H groups in total. The first-order valence-electron chi connectivity index (χ1n) is 9.62. The molecule has 1 fully saturated rings. The Bertz CT molecular complexity index is 755. The van der Waals surface area contributed by atoms with Gasteiger partial charge in [-0.1, -0.05) is 42.5 Å². The molecule has 0 spiro atoms. The van der Waals surface area contributed by atoms with E-state index in [1.807, 2.05) is 12.3 Å². The second-order valence-corrected chi connectivity index (χ2v) is 7.75. The number of aromatic nitrogens is 1. The minimum absolute atomic E-state index is 0.168. The number of hydrogen-bond donors (Lipinski definition) is 1. The number of thioether (sulfide) groups is 1. The smallest absolute Gasteiger partial charge is 0.273 e. The van der Waals surface area contributed by atoms with Crippen molar-refractivity contribution in [2.45, 2.75) is 6.54 Å². The van der Waals surface area contributed by atoms with Gasteiger partial charge in [-0.2, -0.15) is 11.8 Å². The maximum atomic E-state index is 12.0. The molecule has 3 rings (SSSR count). The van der Waals surface area contributed by atoms with Gasteiger partial charge in [0.1, 0.15) is 6.26 Å². The molecule has 0 radical (unpaired) electrons. The van der Waals surface area contributed by atoms with E-state index in [1.165, 1.54) is 11.8 Å². The quantitative estimate of drug-likeness (QED) is 0.653. The number of carbonyl (C=O) groups is 1. The SMILES string of the molecule is CSCCNC(=O)c1coc(CN2CCN(C/C=C/c3ccccc3)CC2)n1. The fraction of sp³-hybridized carbons (Fsp3) is 0.429. The molecule has 6 nitrogen and oxygen atoms in total. The summed E-state index contributed by atoms with van der Waals surface area (Å²) in [5, 5.41) is 2.84. The lowest BCUT2D eigenvalue weighted by molar-refractivity contribution is 0.0951. The number of benzene rings is 1. The maximum Gasteiger partial charge on any atom is 0.273 e. The highest BCUT2D eigenvalue weighted by atomic mass is 32.2. The van der Waals surface area contributed by atoms with E-state index in [9.17, 15) is 4.79 Å². The third-order valence-electron chi connectivity index (χ3n) is 4.67. The van der Waals surface area contributed by atoms with Crippen LogP contribution in [-0.4, -0.2) is 72.0 Å². The van der Waals surface area contributed by atoms with Crippen molar-refractivity contribution in [1.29, 1.82) is 0 Å². The fourth-order valence-corrected chi connectivity index (χ4v) is 3.37. The van der Waals surface area contributed by atoms with E-state index < -0.39 is 0 Å². The van der Waals surface area contributed by atoms with Crippen LogP contribution in [0.3, 0.4) is 0 Å². The second kappa shape index (κ2) is 11.0. The lowest BCUT2D eigenvalue weighted by atomic mass is 10.2. The third-order valence-corrected chi connectivity index (χ3v) is 5.29. The molecule has 0 unspecified atom stereocenters. The predicted octanol–water partition coefficient (Wildman–Crippen LogP) is 2.60. The van der Waals surface area contributed by atoms with E-state index in [4.69, 9.17) is 4.42 Å². The largest absolute Gasteiger partial charge is 0.447 e. The molecule has 2 heterocycles. The molecule has 1 amide bonds. The van der Waals surface area contributed by atoms with Gasteiger partial charge in [0.25, 0.3) is 5.91 Å². The van der Waals surface area contributed by atoms with Crippen LogP contribution in [0.4, 0.5) is 0 Å². The van der Waals surface area contributed by atoms with Crippen LogP contribution in [-0.2, 0) is 6.54 Å². The average molecular weight is 401 g/mol. The van der Waals surface area contributed by atoms with E-state index in [0.717, 1.165) is 38.5 Å². The van der Waals surface area contributed by atoms with E-state index >= 15 is 0 Å². The van der Waals surface area contributed by atoms with Crippen LogP contribution < -0.4 is 5.32 Å². The number of oxazole rings is 1. The van der Waals surface area contributed by atoms with Gasteiger partial charge in [-0.05, 0) is 11.8 Å². The highest BCUT2D eigenvalue weighted by molar-refractivity contribution is 7.98. The van der Waals surface area contributed by atoms with Crippen LogP contribution in [0.1, 0.15) is 21.9 Å². The van der Waals surface area contributed by atoms with Crippen molar-refractivity contribution in [2.24, 2.45) is 0 Å². The van der Waals surface area contributed by atoms with Gasteiger partial charge >= 0.3 is 0 Å². The number of rotatable bonds is 9. The topological polar surface area (TPSA) is 61.6 Å². The summed E-state index contributed by atoms with van der Waals surface area (Å²) in [6.45, 7) is 6.22. The molecule has 150 valence electrons. The molecule has 0 bridgehead atoms. The zero-order valence-corrected chi connectivity index (χ0v) is 17.2. The Morgan fingerprint density at radius 3 is 2.71 bits per heavy atom. The van der Waals surface area contributed by atoms with Gasteiger partial charge < -0.3 is 9.73 Å². The summed E-state index contributed by atoms with van der Waals surface area (Å²) in [6.07, 6.45) is 7.86. The minimum Gasteiger partial charge on any atom is -0.447 e. The molecule has 0 atom stereocenters. The Morgan fingerprint density at radius 2 is 1.96 bits per heavy atom. The normalized spacial score (nSPS) is 15.9. The first-order chi connectivity index (χ1) is 13.7. The zero-order valence-electron chi connectivity index (χ0n) is 16.3. The molecule has 1 aliphatic rings. The second-order valence-electron chi connectivity index (χ2n) is 6.76. The number of piperazine rings is 1. The highest BCUT2D eigenvalue weighted by Gasteiger charge is 2.19. The van der Waals surface area contributed by atoms with Crippen molar-refractivity contribution in [1.82, 2.24) is 20.1 Å². The average Bonchev–Trinajstić information content (AvgIpc) is 3.19. The van der Waals surface area contributed by atoms with Crippen molar-refractivity contribution >= 4 is 23.7 Å².